The Morgan fingerprint density at radius 1 is 1.30 bits per heavy atom. The third-order valence-electron chi connectivity index (χ3n) is 4.77. The van der Waals surface area contributed by atoms with Gasteiger partial charge in [-0.15, -0.1) is 35.3 Å². The maximum absolute atomic E-state index is 6.09. The second-order valence-electron chi connectivity index (χ2n) is 8.20. The molecule has 2 heterocycles. The maximum Gasteiger partial charge on any atom is 0.191 e. The van der Waals surface area contributed by atoms with Gasteiger partial charge in [0.1, 0.15) is 0 Å². The van der Waals surface area contributed by atoms with Gasteiger partial charge in [-0.1, -0.05) is 20.8 Å². The van der Waals surface area contributed by atoms with Crippen molar-refractivity contribution in [3.8, 4) is 0 Å². The minimum atomic E-state index is 0. The second-order valence-corrected chi connectivity index (χ2v) is 9.49. The lowest BCUT2D eigenvalue weighted by atomic mass is 9.78. The van der Waals surface area contributed by atoms with E-state index < -0.39 is 0 Å². The zero-order chi connectivity index (χ0) is 19.2. The smallest absolute Gasteiger partial charge is 0.191 e. The molecule has 1 aliphatic heterocycles. The fourth-order valence-electron chi connectivity index (χ4n) is 3.64. The van der Waals surface area contributed by atoms with Crippen molar-refractivity contribution >= 4 is 41.3 Å². The van der Waals surface area contributed by atoms with Gasteiger partial charge in [-0.25, -0.2) is 4.98 Å². The fourth-order valence-corrected chi connectivity index (χ4v) is 4.57. The number of nitrogens with one attached hydrogen (secondary N) is 2. The monoisotopic (exact) mass is 508 g/mol. The molecule has 156 valence electrons. The largest absolute Gasteiger partial charge is 0.377 e. The lowest BCUT2D eigenvalue weighted by Gasteiger charge is -2.39. The van der Waals surface area contributed by atoms with Crippen LogP contribution in [0.3, 0.4) is 0 Å². The molecule has 0 amide bonds. The molecule has 1 fully saturated rings. The molecule has 2 unspecified atom stereocenters. The summed E-state index contributed by atoms with van der Waals surface area (Å²) in [5.74, 6) is 1.40. The van der Waals surface area contributed by atoms with Crippen LogP contribution in [-0.4, -0.2) is 43.3 Å². The van der Waals surface area contributed by atoms with Gasteiger partial charge >= 0.3 is 0 Å². The first-order chi connectivity index (χ1) is 12.3. The average molecular weight is 509 g/mol. The van der Waals surface area contributed by atoms with Crippen molar-refractivity contribution in [2.24, 2.45) is 16.3 Å². The highest BCUT2D eigenvalue weighted by Gasteiger charge is 2.35. The van der Waals surface area contributed by atoms with Crippen molar-refractivity contribution < 1.29 is 4.74 Å². The summed E-state index contributed by atoms with van der Waals surface area (Å²) < 4.78 is 6.09. The van der Waals surface area contributed by atoms with Crippen molar-refractivity contribution in [1.82, 2.24) is 15.6 Å². The Bertz CT molecular complexity index is 597. The number of aromatic nitrogens is 1. The average Bonchev–Trinajstić information content (AvgIpc) is 2.89. The van der Waals surface area contributed by atoms with Crippen LogP contribution < -0.4 is 10.6 Å². The molecule has 1 aromatic heterocycles. The molecule has 0 aromatic carbocycles. The molecule has 1 aromatic rings. The Morgan fingerprint density at radius 3 is 2.63 bits per heavy atom. The first kappa shape index (κ1) is 24.6. The molecule has 0 aliphatic carbocycles. The molecule has 5 nitrogen and oxygen atoms in total. The molecule has 2 N–H and O–H groups in total. The van der Waals surface area contributed by atoms with E-state index in [9.17, 15) is 0 Å². The van der Waals surface area contributed by atoms with E-state index >= 15 is 0 Å². The molecule has 0 bridgehead atoms. The lowest BCUT2D eigenvalue weighted by Crippen LogP contribution is -2.43. The van der Waals surface area contributed by atoms with Gasteiger partial charge in [0, 0.05) is 43.5 Å². The molecular weight excluding hydrogens is 471 g/mol. The Labute approximate surface area is 186 Å². The second kappa shape index (κ2) is 11.6. The summed E-state index contributed by atoms with van der Waals surface area (Å²) in [6.07, 6.45) is 3.61. The number of ether oxygens (including phenoxy) is 1. The van der Waals surface area contributed by atoms with Crippen molar-refractivity contribution in [3.63, 3.8) is 0 Å². The number of aliphatic imine (C=N–C) groups is 1. The van der Waals surface area contributed by atoms with E-state index in [0.717, 1.165) is 55.7 Å². The number of aryl methyl sites for hydroxylation is 2. The van der Waals surface area contributed by atoms with Crippen LogP contribution in [0.1, 0.15) is 56.1 Å². The molecule has 0 spiro atoms. The number of halogens is 1. The third-order valence-corrected chi connectivity index (χ3v) is 5.90. The molecular formula is C20H37IN4OS. The molecule has 1 aliphatic rings. The van der Waals surface area contributed by atoms with Crippen LogP contribution in [0.5, 0.6) is 0 Å². The van der Waals surface area contributed by atoms with Crippen molar-refractivity contribution in [3.05, 3.63) is 15.6 Å². The van der Waals surface area contributed by atoms with Gasteiger partial charge in [-0.05, 0) is 39.0 Å². The highest BCUT2D eigenvalue weighted by Crippen LogP contribution is 2.34. The summed E-state index contributed by atoms with van der Waals surface area (Å²) in [5, 5.41) is 7.99. The topological polar surface area (TPSA) is 58.5 Å². The minimum absolute atomic E-state index is 0. The summed E-state index contributed by atoms with van der Waals surface area (Å²) in [4.78, 5) is 10.7. The Hall–Kier alpha value is -0.410. The van der Waals surface area contributed by atoms with Gasteiger partial charge in [-0.2, -0.15) is 0 Å². The van der Waals surface area contributed by atoms with Gasteiger partial charge in [0.15, 0.2) is 5.96 Å². The predicted molar refractivity (Wildman–Crippen MR) is 127 cm³/mol. The van der Waals surface area contributed by atoms with E-state index in [0.29, 0.717) is 5.92 Å². The number of thiazole rings is 1. The highest BCUT2D eigenvalue weighted by atomic mass is 127. The molecule has 27 heavy (non-hydrogen) atoms. The Balaban J connectivity index is 0.00000364. The Morgan fingerprint density at radius 2 is 2.04 bits per heavy atom. The van der Waals surface area contributed by atoms with Crippen LogP contribution in [0.4, 0.5) is 0 Å². The van der Waals surface area contributed by atoms with E-state index in [1.807, 2.05) is 0 Å². The lowest BCUT2D eigenvalue weighted by molar-refractivity contribution is -0.0823. The summed E-state index contributed by atoms with van der Waals surface area (Å²) in [6.45, 7) is 16.5. The highest BCUT2D eigenvalue weighted by molar-refractivity contribution is 14.0. The number of nitrogens with zero attached hydrogens (tertiary/aromatic N) is 2. The molecule has 2 atom stereocenters. The van der Waals surface area contributed by atoms with Crippen LogP contribution in [-0.2, 0) is 11.2 Å². The van der Waals surface area contributed by atoms with E-state index in [1.54, 1.807) is 11.3 Å². The minimum Gasteiger partial charge on any atom is -0.377 e. The fraction of sp³-hybridized carbons (Fsp3) is 0.800. The number of guanidine groups is 1. The first-order valence-corrected chi connectivity index (χ1v) is 10.7. The number of rotatable bonds is 6. The van der Waals surface area contributed by atoms with Crippen molar-refractivity contribution in [1.29, 1.82) is 0 Å². The van der Waals surface area contributed by atoms with E-state index in [2.05, 4.69) is 57.2 Å². The van der Waals surface area contributed by atoms with Crippen LogP contribution >= 0.6 is 35.3 Å². The van der Waals surface area contributed by atoms with E-state index in [1.165, 1.54) is 11.3 Å². The van der Waals surface area contributed by atoms with E-state index in [-0.39, 0.29) is 35.5 Å². The van der Waals surface area contributed by atoms with Gasteiger partial charge in [0.05, 0.1) is 16.8 Å². The SMILES string of the molecule is CCNC(=NCC1CCCOC1C(C)(C)C)NCCc1sc(C)nc1C.I. The maximum atomic E-state index is 6.09. The third kappa shape index (κ3) is 7.85. The molecule has 1 saturated heterocycles. The quantitative estimate of drug-likeness (QED) is 0.342. The van der Waals surface area contributed by atoms with E-state index in [4.69, 9.17) is 9.73 Å². The van der Waals surface area contributed by atoms with Crippen molar-refractivity contribution in [2.75, 3.05) is 26.2 Å². The standard InChI is InChI=1S/C20H36N4OS.HI/c1-7-21-19(22-11-10-17-14(2)24-15(3)26-17)23-13-16-9-8-12-25-18(16)20(4,5)6;/h16,18H,7-13H2,1-6H3,(H2,21,22,23);1H. The normalized spacial score (nSPS) is 20.9. The zero-order valence-corrected chi connectivity index (χ0v) is 20.9. The van der Waals surface area contributed by atoms with Crippen LogP contribution in [0.2, 0.25) is 0 Å². The van der Waals surface area contributed by atoms with Gasteiger partial charge in [0.2, 0.25) is 0 Å². The summed E-state index contributed by atoms with van der Waals surface area (Å²) >= 11 is 1.79. The first-order valence-electron chi connectivity index (χ1n) is 9.88. The summed E-state index contributed by atoms with van der Waals surface area (Å²) in [6, 6.07) is 0. The van der Waals surface area contributed by atoms with Crippen LogP contribution in [0.15, 0.2) is 4.99 Å². The van der Waals surface area contributed by atoms with Gasteiger partial charge in [0.25, 0.3) is 0 Å². The summed E-state index contributed by atoms with van der Waals surface area (Å²) in [7, 11) is 0. The van der Waals surface area contributed by atoms with Gasteiger partial charge < -0.3 is 15.4 Å². The summed E-state index contributed by atoms with van der Waals surface area (Å²) in [5.41, 5.74) is 1.32. The predicted octanol–water partition coefficient (Wildman–Crippen LogP) is 4.32. The zero-order valence-electron chi connectivity index (χ0n) is 17.7. The molecule has 2 rings (SSSR count). The number of hydrogen-bond acceptors (Lipinski definition) is 4. The molecule has 0 radical (unpaired) electrons. The van der Waals surface area contributed by atoms with Crippen LogP contribution in [0, 0.1) is 25.2 Å². The molecule has 7 heteroatoms. The number of hydrogen-bond donors (Lipinski definition) is 2. The Kier molecular flexibility index (Phi) is 10.5. The van der Waals surface area contributed by atoms with Gasteiger partial charge in [-0.3, -0.25) is 4.99 Å². The van der Waals surface area contributed by atoms with Crippen molar-refractivity contribution in [2.45, 2.75) is 66.9 Å². The molecule has 0 saturated carbocycles. The van der Waals surface area contributed by atoms with Crippen LogP contribution in [0.25, 0.3) is 0 Å².